The molecule has 2 aromatic rings. The van der Waals surface area contributed by atoms with Crippen LogP contribution in [0, 0.1) is 18.8 Å². The molecule has 0 radical (unpaired) electrons. The van der Waals surface area contributed by atoms with Gasteiger partial charge in [-0.05, 0) is 23.9 Å². The maximum Gasteiger partial charge on any atom is 0.185 e. The van der Waals surface area contributed by atoms with Crippen molar-refractivity contribution in [3.63, 3.8) is 0 Å². The Kier molecular flexibility index (Phi) is 4.36. The molecule has 0 amide bonds. The first kappa shape index (κ1) is 13.6. The lowest BCUT2D eigenvalue weighted by Crippen LogP contribution is -2.46. The molecule has 0 atom stereocenters. The van der Waals surface area contributed by atoms with Crippen molar-refractivity contribution in [1.29, 1.82) is 0 Å². The fourth-order valence-corrected chi connectivity index (χ4v) is 3.67. The van der Waals surface area contributed by atoms with Crippen molar-refractivity contribution < 1.29 is 0 Å². The van der Waals surface area contributed by atoms with Crippen LogP contribution in [0.5, 0.6) is 0 Å². The molecule has 0 saturated carbocycles. The average Bonchev–Trinajstić information content (AvgIpc) is 3.11. The molecular weight excluding hydrogens is 286 g/mol. The zero-order chi connectivity index (χ0) is 13.8. The zero-order valence-electron chi connectivity index (χ0n) is 11.5. The van der Waals surface area contributed by atoms with Gasteiger partial charge in [-0.1, -0.05) is 11.8 Å². The van der Waals surface area contributed by atoms with E-state index in [1.165, 1.54) is 10.4 Å². The Labute approximate surface area is 127 Å². The third-order valence-electron chi connectivity index (χ3n) is 3.31. The quantitative estimate of drug-likeness (QED) is 0.795. The molecule has 0 N–H and O–H groups in total. The second-order valence-corrected chi connectivity index (χ2v) is 6.65. The molecule has 3 heterocycles. The van der Waals surface area contributed by atoms with Crippen LogP contribution >= 0.6 is 22.7 Å². The number of hydrogen-bond donors (Lipinski definition) is 0. The molecule has 1 aliphatic heterocycles. The van der Waals surface area contributed by atoms with Gasteiger partial charge in [-0.15, -0.1) is 22.7 Å². The van der Waals surface area contributed by atoms with Gasteiger partial charge in [0, 0.05) is 37.8 Å². The number of aromatic nitrogens is 1. The van der Waals surface area contributed by atoms with Crippen molar-refractivity contribution in [3.05, 3.63) is 33.5 Å². The number of thiazole rings is 1. The van der Waals surface area contributed by atoms with E-state index in [2.05, 4.69) is 45.0 Å². The molecule has 104 valence electrons. The summed E-state index contributed by atoms with van der Waals surface area (Å²) in [6, 6.07) is 2.15. The molecule has 1 saturated heterocycles. The molecule has 0 unspecified atom stereocenters. The number of anilines is 1. The molecule has 20 heavy (non-hydrogen) atoms. The van der Waals surface area contributed by atoms with E-state index in [-0.39, 0.29) is 0 Å². The molecule has 0 bridgehead atoms. The summed E-state index contributed by atoms with van der Waals surface area (Å²) in [4.78, 5) is 10.3. The first-order valence-electron chi connectivity index (χ1n) is 6.72. The van der Waals surface area contributed by atoms with Gasteiger partial charge in [-0.2, -0.15) is 0 Å². The third-order valence-corrected chi connectivity index (χ3v) is 5.10. The van der Waals surface area contributed by atoms with E-state index in [1.54, 1.807) is 22.7 Å². The summed E-state index contributed by atoms with van der Waals surface area (Å²) in [7, 11) is 0. The lowest BCUT2D eigenvalue weighted by Gasteiger charge is -2.33. The number of hydrogen-bond acceptors (Lipinski definition) is 5. The van der Waals surface area contributed by atoms with Crippen LogP contribution in [0.3, 0.4) is 0 Å². The molecule has 3 rings (SSSR count). The summed E-state index contributed by atoms with van der Waals surface area (Å²) in [6.07, 6.45) is 1.88. The number of thiophene rings is 1. The standard InChI is InChI=1S/C15H17N3S2/c1-13-11-14(20-12-13)3-2-5-17-6-8-18(9-7-17)15-16-4-10-19-15/h4,10-12H,5-9H2,1H3. The maximum absolute atomic E-state index is 4.37. The fraction of sp³-hybridized carbons (Fsp3) is 0.400. The predicted molar refractivity (Wildman–Crippen MR) is 86.7 cm³/mol. The van der Waals surface area contributed by atoms with Gasteiger partial charge in [-0.25, -0.2) is 4.98 Å². The Morgan fingerprint density at radius 3 is 2.75 bits per heavy atom. The van der Waals surface area contributed by atoms with Gasteiger partial charge >= 0.3 is 0 Å². The summed E-state index contributed by atoms with van der Waals surface area (Å²) in [5.41, 5.74) is 1.30. The largest absolute Gasteiger partial charge is 0.346 e. The number of nitrogens with zero attached hydrogens (tertiary/aromatic N) is 3. The van der Waals surface area contributed by atoms with Crippen LogP contribution in [0.4, 0.5) is 5.13 Å². The Balaban J connectivity index is 1.48. The van der Waals surface area contributed by atoms with Gasteiger partial charge in [0.15, 0.2) is 5.13 Å². The van der Waals surface area contributed by atoms with E-state index >= 15 is 0 Å². The summed E-state index contributed by atoms with van der Waals surface area (Å²) in [6.45, 7) is 7.21. The molecule has 0 spiro atoms. The first-order valence-corrected chi connectivity index (χ1v) is 8.48. The van der Waals surface area contributed by atoms with E-state index < -0.39 is 0 Å². The highest BCUT2D eigenvalue weighted by molar-refractivity contribution is 7.13. The molecule has 0 aromatic carbocycles. The van der Waals surface area contributed by atoms with Gasteiger partial charge in [0.1, 0.15) is 0 Å². The fourth-order valence-electron chi connectivity index (χ4n) is 2.20. The SMILES string of the molecule is Cc1csc(C#CCN2CCN(c3nccs3)CC2)c1. The minimum Gasteiger partial charge on any atom is -0.346 e. The molecular formula is C15H17N3S2. The lowest BCUT2D eigenvalue weighted by molar-refractivity contribution is 0.288. The molecule has 0 aliphatic carbocycles. The number of piperazine rings is 1. The lowest BCUT2D eigenvalue weighted by atomic mass is 10.3. The van der Waals surface area contributed by atoms with Gasteiger partial charge in [0.05, 0.1) is 11.4 Å². The highest BCUT2D eigenvalue weighted by Crippen LogP contribution is 2.18. The predicted octanol–water partition coefficient (Wildman–Crippen LogP) is 2.69. The Bertz CT molecular complexity index is 599. The van der Waals surface area contributed by atoms with Gasteiger partial charge in [-0.3, -0.25) is 4.90 Å². The number of aryl methyl sites for hydroxylation is 1. The van der Waals surface area contributed by atoms with E-state index in [4.69, 9.17) is 0 Å². The normalized spacial score (nSPS) is 15.9. The van der Waals surface area contributed by atoms with Crippen LogP contribution < -0.4 is 4.90 Å². The van der Waals surface area contributed by atoms with E-state index in [0.717, 1.165) is 37.9 Å². The molecule has 5 heteroatoms. The average molecular weight is 303 g/mol. The van der Waals surface area contributed by atoms with Crippen LogP contribution in [0.25, 0.3) is 0 Å². The second kappa shape index (κ2) is 6.40. The summed E-state index contributed by atoms with van der Waals surface area (Å²) in [5.74, 6) is 6.54. The minimum absolute atomic E-state index is 0.864. The Morgan fingerprint density at radius 1 is 1.25 bits per heavy atom. The van der Waals surface area contributed by atoms with Crippen LogP contribution in [-0.2, 0) is 0 Å². The van der Waals surface area contributed by atoms with Crippen molar-refractivity contribution in [3.8, 4) is 11.8 Å². The van der Waals surface area contributed by atoms with E-state index in [0.29, 0.717) is 0 Å². The van der Waals surface area contributed by atoms with Crippen molar-refractivity contribution in [2.24, 2.45) is 0 Å². The summed E-state index contributed by atoms with van der Waals surface area (Å²) >= 11 is 3.45. The molecule has 3 nitrogen and oxygen atoms in total. The summed E-state index contributed by atoms with van der Waals surface area (Å²) in [5, 5.41) is 5.33. The van der Waals surface area contributed by atoms with Crippen molar-refractivity contribution in [2.45, 2.75) is 6.92 Å². The topological polar surface area (TPSA) is 19.4 Å². The Morgan fingerprint density at radius 2 is 2.10 bits per heavy atom. The zero-order valence-corrected chi connectivity index (χ0v) is 13.1. The minimum atomic E-state index is 0.864. The monoisotopic (exact) mass is 303 g/mol. The molecule has 1 aliphatic rings. The van der Waals surface area contributed by atoms with Crippen molar-refractivity contribution >= 4 is 27.8 Å². The highest BCUT2D eigenvalue weighted by atomic mass is 32.1. The first-order chi connectivity index (χ1) is 9.81. The van der Waals surface area contributed by atoms with Gasteiger partial charge in [0.25, 0.3) is 0 Å². The highest BCUT2D eigenvalue weighted by Gasteiger charge is 2.17. The number of rotatable bonds is 2. The Hall–Kier alpha value is -1.35. The third kappa shape index (κ3) is 3.40. The van der Waals surface area contributed by atoms with Crippen LogP contribution in [0.15, 0.2) is 23.0 Å². The van der Waals surface area contributed by atoms with E-state index in [9.17, 15) is 0 Å². The van der Waals surface area contributed by atoms with Crippen molar-refractivity contribution in [2.75, 3.05) is 37.6 Å². The smallest absolute Gasteiger partial charge is 0.185 e. The van der Waals surface area contributed by atoms with Crippen molar-refractivity contribution in [1.82, 2.24) is 9.88 Å². The van der Waals surface area contributed by atoms with Crippen LogP contribution in [-0.4, -0.2) is 42.6 Å². The van der Waals surface area contributed by atoms with Gasteiger partial charge < -0.3 is 4.90 Å². The van der Waals surface area contributed by atoms with E-state index in [1.807, 2.05) is 11.6 Å². The molecule has 2 aromatic heterocycles. The summed E-state index contributed by atoms with van der Waals surface area (Å²) < 4.78 is 0. The molecule has 1 fully saturated rings. The maximum atomic E-state index is 4.37. The second-order valence-electron chi connectivity index (χ2n) is 4.87. The van der Waals surface area contributed by atoms with Crippen LogP contribution in [0.2, 0.25) is 0 Å². The van der Waals surface area contributed by atoms with Crippen LogP contribution in [0.1, 0.15) is 10.4 Å². The van der Waals surface area contributed by atoms with Gasteiger partial charge in [0.2, 0.25) is 0 Å².